The molecule has 2 aromatic carbocycles. The highest BCUT2D eigenvalue weighted by Gasteiger charge is 2.43. The third-order valence-electron chi connectivity index (χ3n) is 6.75. The molecular formula is C27H27F3N2O3. The van der Waals surface area contributed by atoms with Crippen molar-refractivity contribution >= 4 is 22.9 Å². The van der Waals surface area contributed by atoms with Gasteiger partial charge in [-0.3, -0.25) is 14.7 Å². The number of benzene rings is 2. The third-order valence-corrected chi connectivity index (χ3v) is 6.75. The van der Waals surface area contributed by atoms with Crippen molar-refractivity contribution in [2.45, 2.75) is 25.7 Å². The van der Waals surface area contributed by atoms with Gasteiger partial charge in [-0.1, -0.05) is 24.3 Å². The highest BCUT2D eigenvalue weighted by molar-refractivity contribution is 5.83. The van der Waals surface area contributed by atoms with Gasteiger partial charge in [-0.25, -0.2) is 13.2 Å². The average molecular weight is 485 g/mol. The number of likely N-dealkylation sites (tertiary alicyclic amines) is 1. The number of aromatic nitrogens is 1. The smallest absolute Gasteiger partial charge is 0.310 e. The van der Waals surface area contributed by atoms with Crippen molar-refractivity contribution in [3.05, 3.63) is 77.2 Å². The maximum Gasteiger partial charge on any atom is 0.310 e. The van der Waals surface area contributed by atoms with Crippen LogP contribution < -0.4 is 4.74 Å². The van der Waals surface area contributed by atoms with Crippen molar-refractivity contribution < 1.29 is 27.8 Å². The van der Waals surface area contributed by atoms with Gasteiger partial charge in [0.2, 0.25) is 0 Å². The first-order valence-electron chi connectivity index (χ1n) is 11.5. The zero-order valence-corrected chi connectivity index (χ0v) is 19.4. The molecule has 1 aliphatic rings. The molecule has 0 spiro atoms. The topological polar surface area (TPSA) is 62.7 Å². The van der Waals surface area contributed by atoms with Crippen LogP contribution in [0.2, 0.25) is 0 Å². The molecule has 1 unspecified atom stereocenters. The summed E-state index contributed by atoms with van der Waals surface area (Å²) in [5.74, 6) is -2.50. The zero-order valence-electron chi connectivity index (χ0n) is 19.4. The van der Waals surface area contributed by atoms with Gasteiger partial charge in [0.05, 0.1) is 24.2 Å². The number of carbonyl (C=O) groups is 1. The van der Waals surface area contributed by atoms with Crippen LogP contribution in [0.15, 0.2) is 48.7 Å². The second kappa shape index (κ2) is 10.5. The van der Waals surface area contributed by atoms with Gasteiger partial charge in [0.15, 0.2) is 11.6 Å². The number of carboxylic acid groups (broad SMARTS) is 1. The zero-order chi connectivity index (χ0) is 25.0. The molecule has 1 atom stereocenters. The average Bonchev–Trinajstić information content (AvgIpc) is 3.27. The van der Waals surface area contributed by atoms with Gasteiger partial charge < -0.3 is 9.84 Å². The standard InChI is InChI=1S/C27H27F3N2O3/c1-35-19-9-10-24-21(15-19)20(23(29)16-31-24)7-3-11-27(26(33)34)12-14-32(17-27)13-4-6-18-5-2-8-22(28)25(18)30/h2,4-6,8-10,15-16H,3,7,11-14,17H2,1H3,(H,33,34)/b6-4+. The monoisotopic (exact) mass is 484 g/mol. The van der Waals surface area contributed by atoms with Crippen LogP contribution in [0.4, 0.5) is 13.2 Å². The second-order valence-electron chi connectivity index (χ2n) is 8.94. The Bertz CT molecular complexity index is 1260. The Labute approximate surface area is 201 Å². The summed E-state index contributed by atoms with van der Waals surface area (Å²) in [7, 11) is 1.54. The van der Waals surface area contributed by atoms with Crippen molar-refractivity contribution in [2.24, 2.45) is 5.41 Å². The van der Waals surface area contributed by atoms with E-state index in [4.69, 9.17) is 4.74 Å². The van der Waals surface area contributed by atoms with Crippen LogP contribution in [-0.2, 0) is 11.2 Å². The first kappa shape index (κ1) is 24.7. The van der Waals surface area contributed by atoms with E-state index in [0.29, 0.717) is 67.5 Å². The Morgan fingerprint density at radius 2 is 2.06 bits per heavy atom. The van der Waals surface area contributed by atoms with E-state index in [-0.39, 0.29) is 5.56 Å². The van der Waals surface area contributed by atoms with Gasteiger partial charge in [0.1, 0.15) is 11.6 Å². The molecule has 1 N–H and O–H groups in total. The quantitative estimate of drug-likeness (QED) is 0.436. The SMILES string of the molecule is COc1ccc2ncc(F)c(CCCC3(C(=O)O)CCN(C/C=C/c4cccc(F)c4F)C3)c2c1. The van der Waals surface area contributed by atoms with E-state index >= 15 is 0 Å². The fourth-order valence-electron chi connectivity index (χ4n) is 4.76. The molecule has 1 aromatic heterocycles. The molecule has 0 radical (unpaired) electrons. The van der Waals surface area contributed by atoms with E-state index in [1.807, 2.05) is 4.90 Å². The number of hydrogen-bond acceptors (Lipinski definition) is 4. The Morgan fingerprint density at radius 3 is 2.83 bits per heavy atom. The van der Waals surface area contributed by atoms with Crippen LogP contribution in [0, 0.1) is 22.9 Å². The number of methoxy groups -OCH3 is 1. The van der Waals surface area contributed by atoms with Gasteiger partial charge in [-0.05, 0) is 62.1 Å². The van der Waals surface area contributed by atoms with Crippen molar-refractivity contribution in [3.63, 3.8) is 0 Å². The van der Waals surface area contributed by atoms with Gasteiger partial charge in [-0.15, -0.1) is 0 Å². The molecule has 0 bridgehead atoms. The minimum Gasteiger partial charge on any atom is -0.497 e. The summed E-state index contributed by atoms with van der Waals surface area (Å²) >= 11 is 0. The number of aryl methyl sites for hydroxylation is 1. The van der Waals surface area contributed by atoms with E-state index in [1.165, 1.54) is 24.4 Å². The summed E-state index contributed by atoms with van der Waals surface area (Å²) < 4.78 is 47.1. The number of ether oxygens (including phenoxy) is 1. The fraction of sp³-hybridized carbons (Fsp3) is 0.333. The van der Waals surface area contributed by atoms with Gasteiger partial charge in [0, 0.05) is 24.0 Å². The predicted octanol–water partition coefficient (Wildman–Crippen LogP) is 5.47. The number of fused-ring (bicyclic) bond motifs is 1. The minimum atomic E-state index is -0.936. The lowest BCUT2D eigenvalue weighted by Gasteiger charge is -2.24. The van der Waals surface area contributed by atoms with Crippen LogP contribution in [0.5, 0.6) is 5.75 Å². The Morgan fingerprint density at radius 1 is 1.23 bits per heavy atom. The van der Waals surface area contributed by atoms with Gasteiger partial charge >= 0.3 is 5.97 Å². The summed E-state index contributed by atoms with van der Waals surface area (Å²) in [4.78, 5) is 18.3. The largest absolute Gasteiger partial charge is 0.497 e. The van der Waals surface area contributed by atoms with E-state index in [1.54, 1.807) is 31.4 Å². The third kappa shape index (κ3) is 5.32. The molecule has 5 nitrogen and oxygen atoms in total. The van der Waals surface area contributed by atoms with Gasteiger partial charge in [-0.2, -0.15) is 0 Å². The minimum absolute atomic E-state index is 0.150. The molecule has 2 heterocycles. The normalized spacial score (nSPS) is 18.5. The molecule has 3 aromatic rings. The summed E-state index contributed by atoms with van der Waals surface area (Å²) in [6, 6.07) is 9.27. The molecule has 0 saturated carbocycles. The number of rotatable bonds is 9. The number of nitrogens with zero attached hydrogens (tertiary/aromatic N) is 2. The molecule has 184 valence electrons. The number of halogens is 3. The highest BCUT2D eigenvalue weighted by Crippen LogP contribution is 2.37. The lowest BCUT2D eigenvalue weighted by Crippen LogP contribution is -2.35. The molecule has 4 rings (SSSR count). The lowest BCUT2D eigenvalue weighted by atomic mass is 9.81. The highest BCUT2D eigenvalue weighted by atomic mass is 19.2. The predicted molar refractivity (Wildman–Crippen MR) is 128 cm³/mol. The Kier molecular flexibility index (Phi) is 7.40. The molecule has 0 amide bonds. The molecular weight excluding hydrogens is 457 g/mol. The summed E-state index contributed by atoms with van der Waals surface area (Å²) in [6.07, 6.45) is 6.16. The van der Waals surface area contributed by atoms with Crippen molar-refractivity contribution in [2.75, 3.05) is 26.7 Å². The van der Waals surface area contributed by atoms with Crippen LogP contribution in [0.1, 0.15) is 30.4 Å². The molecule has 35 heavy (non-hydrogen) atoms. The molecule has 1 aliphatic heterocycles. The van der Waals surface area contributed by atoms with E-state index < -0.39 is 28.8 Å². The fourth-order valence-corrected chi connectivity index (χ4v) is 4.76. The van der Waals surface area contributed by atoms with Crippen molar-refractivity contribution in [1.82, 2.24) is 9.88 Å². The van der Waals surface area contributed by atoms with Crippen molar-refractivity contribution in [1.29, 1.82) is 0 Å². The second-order valence-corrected chi connectivity index (χ2v) is 8.94. The summed E-state index contributed by atoms with van der Waals surface area (Å²) in [5.41, 5.74) is 0.375. The first-order chi connectivity index (χ1) is 16.8. The maximum absolute atomic E-state index is 14.6. The number of carboxylic acids is 1. The van der Waals surface area contributed by atoms with Gasteiger partial charge in [0.25, 0.3) is 0 Å². The van der Waals surface area contributed by atoms with E-state index in [9.17, 15) is 23.1 Å². The summed E-state index contributed by atoms with van der Waals surface area (Å²) in [6.45, 7) is 1.34. The molecule has 1 fully saturated rings. The number of pyridine rings is 1. The molecule has 0 aliphatic carbocycles. The van der Waals surface area contributed by atoms with Crippen LogP contribution in [-0.4, -0.2) is 47.7 Å². The maximum atomic E-state index is 14.6. The van der Waals surface area contributed by atoms with Crippen molar-refractivity contribution in [3.8, 4) is 5.75 Å². The van der Waals surface area contributed by atoms with E-state index in [0.717, 1.165) is 6.07 Å². The summed E-state index contributed by atoms with van der Waals surface area (Å²) in [5, 5.41) is 10.7. The Balaban J connectivity index is 1.41. The molecule has 8 heteroatoms. The first-order valence-corrected chi connectivity index (χ1v) is 11.5. The Hall–Kier alpha value is -3.39. The lowest BCUT2D eigenvalue weighted by molar-refractivity contribution is -0.148. The van der Waals surface area contributed by atoms with Crippen LogP contribution >= 0.6 is 0 Å². The molecule has 1 saturated heterocycles. The number of hydrogen-bond donors (Lipinski definition) is 1. The number of aliphatic carboxylic acids is 1. The van der Waals surface area contributed by atoms with E-state index in [2.05, 4.69) is 4.98 Å². The van der Waals surface area contributed by atoms with Crippen LogP contribution in [0.25, 0.3) is 17.0 Å². The van der Waals surface area contributed by atoms with Crippen LogP contribution in [0.3, 0.4) is 0 Å².